The Kier molecular flexibility index (Phi) is 6.09. The third-order valence-corrected chi connectivity index (χ3v) is 3.52. The lowest BCUT2D eigenvalue weighted by Crippen LogP contribution is -2.18. The van der Waals surface area contributed by atoms with Gasteiger partial charge in [0, 0.05) is 17.3 Å². The van der Waals surface area contributed by atoms with Gasteiger partial charge in [-0.25, -0.2) is 0 Å². The molecule has 2 aromatic rings. The summed E-state index contributed by atoms with van der Waals surface area (Å²) in [6.45, 7) is 3.64. The molecule has 5 nitrogen and oxygen atoms in total. The van der Waals surface area contributed by atoms with Crippen molar-refractivity contribution < 1.29 is 14.7 Å². The Morgan fingerprint density at radius 1 is 0.917 bits per heavy atom. The van der Waals surface area contributed by atoms with Crippen molar-refractivity contribution in [1.29, 1.82) is 0 Å². The zero-order valence-corrected chi connectivity index (χ0v) is 13.8. The third-order valence-electron chi connectivity index (χ3n) is 3.52. The maximum atomic E-state index is 12.0. The number of carbonyl (C=O) groups excluding carboxylic acids is 2. The molecule has 1 atom stereocenters. The summed E-state index contributed by atoms with van der Waals surface area (Å²) in [6.07, 6.45) is -0.855. The molecule has 5 heteroatoms. The summed E-state index contributed by atoms with van der Waals surface area (Å²) in [5.41, 5.74) is 2.00. The first kappa shape index (κ1) is 17.7. The van der Waals surface area contributed by atoms with Crippen molar-refractivity contribution in [3.63, 3.8) is 0 Å². The normalized spacial score (nSPS) is 11.8. The van der Waals surface area contributed by atoms with Crippen LogP contribution in [0.1, 0.15) is 31.9 Å². The van der Waals surface area contributed by atoms with Gasteiger partial charge in [-0.15, -0.1) is 0 Å². The van der Waals surface area contributed by atoms with E-state index in [9.17, 15) is 14.7 Å². The quantitative estimate of drug-likeness (QED) is 0.762. The monoisotopic (exact) mass is 326 g/mol. The summed E-state index contributed by atoms with van der Waals surface area (Å²) >= 11 is 0. The fourth-order valence-corrected chi connectivity index (χ4v) is 2.10. The number of amides is 2. The summed E-state index contributed by atoms with van der Waals surface area (Å²) in [6, 6.07) is 15.9. The first-order valence-corrected chi connectivity index (χ1v) is 7.89. The molecule has 0 radical (unpaired) electrons. The highest BCUT2D eigenvalue weighted by molar-refractivity contribution is 5.93. The Bertz CT molecular complexity index is 682. The van der Waals surface area contributed by atoms with Crippen LogP contribution in [0.5, 0.6) is 0 Å². The van der Waals surface area contributed by atoms with Gasteiger partial charge >= 0.3 is 0 Å². The van der Waals surface area contributed by atoms with Crippen LogP contribution >= 0.6 is 0 Å². The second-order valence-electron chi connectivity index (χ2n) is 5.90. The number of aliphatic hydroxyl groups is 1. The molecule has 2 aromatic carbocycles. The van der Waals surface area contributed by atoms with E-state index in [0.717, 1.165) is 0 Å². The Balaban J connectivity index is 1.89. The average molecular weight is 326 g/mol. The molecular weight excluding hydrogens is 304 g/mol. The summed E-state index contributed by atoms with van der Waals surface area (Å²) in [7, 11) is 0. The number of aliphatic hydroxyl groups excluding tert-OH is 1. The molecule has 0 fully saturated rings. The number of benzene rings is 2. The molecule has 0 spiro atoms. The second-order valence-corrected chi connectivity index (χ2v) is 5.90. The molecule has 0 heterocycles. The van der Waals surface area contributed by atoms with E-state index in [0.29, 0.717) is 16.9 Å². The lowest BCUT2D eigenvalue weighted by atomic mass is 10.1. The van der Waals surface area contributed by atoms with Crippen LogP contribution in [0.4, 0.5) is 11.4 Å². The van der Waals surface area contributed by atoms with Crippen molar-refractivity contribution in [2.75, 3.05) is 10.6 Å². The molecule has 2 amide bonds. The molecule has 0 bridgehead atoms. The molecular formula is C19H22N2O3. The lowest BCUT2D eigenvalue weighted by Gasteiger charge is -2.12. The van der Waals surface area contributed by atoms with Gasteiger partial charge in [0.1, 0.15) is 0 Å². The van der Waals surface area contributed by atoms with E-state index in [-0.39, 0.29) is 24.2 Å². The lowest BCUT2D eigenvalue weighted by molar-refractivity contribution is -0.119. The van der Waals surface area contributed by atoms with Crippen molar-refractivity contribution in [1.82, 2.24) is 0 Å². The summed E-state index contributed by atoms with van der Waals surface area (Å²) in [5, 5.41) is 15.6. The summed E-state index contributed by atoms with van der Waals surface area (Å²) in [5.74, 6) is -0.424. The van der Waals surface area contributed by atoms with Crippen molar-refractivity contribution >= 4 is 23.2 Å². The van der Waals surface area contributed by atoms with E-state index < -0.39 is 6.10 Å². The number of rotatable bonds is 6. The zero-order chi connectivity index (χ0) is 17.5. The largest absolute Gasteiger partial charge is 0.388 e. The zero-order valence-electron chi connectivity index (χ0n) is 13.8. The van der Waals surface area contributed by atoms with Gasteiger partial charge in [0.15, 0.2) is 0 Å². The van der Waals surface area contributed by atoms with E-state index in [1.165, 1.54) is 0 Å². The molecule has 0 aliphatic carbocycles. The highest BCUT2D eigenvalue weighted by Gasteiger charge is 2.13. The minimum atomic E-state index is -0.837. The van der Waals surface area contributed by atoms with Crippen LogP contribution in [0, 0.1) is 5.92 Å². The van der Waals surface area contributed by atoms with Crippen molar-refractivity contribution in [3.8, 4) is 0 Å². The first-order valence-electron chi connectivity index (χ1n) is 7.89. The fraction of sp³-hybridized carbons (Fsp3) is 0.263. The minimum absolute atomic E-state index is 0.0180. The molecule has 126 valence electrons. The van der Waals surface area contributed by atoms with Crippen molar-refractivity contribution in [2.45, 2.75) is 26.4 Å². The Morgan fingerprint density at radius 3 is 2.00 bits per heavy atom. The van der Waals surface area contributed by atoms with Crippen LogP contribution in [0.2, 0.25) is 0 Å². The molecule has 0 aliphatic rings. The summed E-state index contributed by atoms with van der Waals surface area (Å²) in [4.78, 5) is 23.6. The van der Waals surface area contributed by atoms with E-state index in [1.54, 1.807) is 36.4 Å². The molecule has 2 rings (SSSR count). The summed E-state index contributed by atoms with van der Waals surface area (Å²) < 4.78 is 0. The van der Waals surface area contributed by atoms with Gasteiger partial charge < -0.3 is 15.7 Å². The minimum Gasteiger partial charge on any atom is -0.388 e. The van der Waals surface area contributed by atoms with Gasteiger partial charge in [-0.1, -0.05) is 44.2 Å². The van der Waals surface area contributed by atoms with E-state index >= 15 is 0 Å². The second kappa shape index (κ2) is 8.26. The van der Waals surface area contributed by atoms with E-state index in [1.807, 2.05) is 32.0 Å². The molecule has 24 heavy (non-hydrogen) atoms. The standard InChI is InChI=1S/C19H22N2O3/c1-13(2)19(24)21-16-10-8-15(9-11-16)20-18(23)12-17(22)14-6-4-3-5-7-14/h3-11,13,17,22H,12H2,1-2H3,(H,20,23)(H,21,24). The topological polar surface area (TPSA) is 78.4 Å². The van der Waals surface area contributed by atoms with E-state index in [2.05, 4.69) is 10.6 Å². The number of carbonyl (C=O) groups is 2. The van der Waals surface area contributed by atoms with Gasteiger partial charge in [0.2, 0.25) is 11.8 Å². The van der Waals surface area contributed by atoms with Gasteiger partial charge in [-0.2, -0.15) is 0 Å². The maximum Gasteiger partial charge on any atom is 0.227 e. The molecule has 0 saturated heterocycles. The number of nitrogens with one attached hydrogen (secondary N) is 2. The predicted octanol–water partition coefficient (Wildman–Crippen LogP) is 3.34. The fourth-order valence-electron chi connectivity index (χ4n) is 2.10. The molecule has 0 aliphatic heterocycles. The molecule has 0 saturated carbocycles. The first-order chi connectivity index (χ1) is 11.5. The highest BCUT2D eigenvalue weighted by atomic mass is 16.3. The number of hydrogen-bond donors (Lipinski definition) is 3. The van der Waals surface area contributed by atoms with Gasteiger partial charge in [-0.05, 0) is 29.8 Å². The van der Waals surface area contributed by atoms with Gasteiger partial charge in [0.25, 0.3) is 0 Å². The molecule has 3 N–H and O–H groups in total. The van der Waals surface area contributed by atoms with Crippen LogP contribution < -0.4 is 10.6 Å². The Morgan fingerprint density at radius 2 is 1.46 bits per heavy atom. The predicted molar refractivity (Wildman–Crippen MR) is 94.6 cm³/mol. The van der Waals surface area contributed by atoms with Crippen molar-refractivity contribution in [3.05, 3.63) is 60.2 Å². The Labute approximate surface area is 141 Å². The average Bonchev–Trinajstić information content (AvgIpc) is 2.57. The van der Waals surface area contributed by atoms with Crippen LogP contribution in [-0.4, -0.2) is 16.9 Å². The number of anilines is 2. The van der Waals surface area contributed by atoms with E-state index in [4.69, 9.17) is 0 Å². The Hall–Kier alpha value is -2.66. The van der Waals surface area contributed by atoms with Gasteiger partial charge in [0.05, 0.1) is 12.5 Å². The highest BCUT2D eigenvalue weighted by Crippen LogP contribution is 2.18. The van der Waals surface area contributed by atoms with Crippen LogP contribution in [0.15, 0.2) is 54.6 Å². The number of hydrogen-bond acceptors (Lipinski definition) is 3. The third kappa shape index (κ3) is 5.21. The van der Waals surface area contributed by atoms with Crippen LogP contribution in [-0.2, 0) is 9.59 Å². The molecule has 1 unspecified atom stereocenters. The molecule has 0 aromatic heterocycles. The smallest absolute Gasteiger partial charge is 0.227 e. The van der Waals surface area contributed by atoms with Gasteiger partial charge in [-0.3, -0.25) is 9.59 Å². The van der Waals surface area contributed by atoms with Crippen LogP contribution in [0.25, 0.3) is 0 Å². The SMILES string of the molecule is CC(C)C(=O)Nc1ccc(NC(=O)CC(O)c2ccccc2)cc1. The van der Waals surface area contributed by atoms with Crippen molar-refractivity contribution in [2.24, 2.45) is 5.92 Å². The maximum absolute atomic E-state index is 12.0. The van der Waals surface area contributed by atoms with Crippen LogP contribution in [0.3, 0.4) is 0 Å².